The highest BCUT2D eigenvalue weighted by atomic mass is 35.5. The maximum Gasteiger partial charge on any atom is 0.328 e. The van der Waals surface area contributed by atoms with Gasteiger partial charge in [0, 0.05) is 4.90 Å². The molecule has 0 aliphatic carbocycles. The van der Waals surface area contributed by atoms with Crippen LogP contribution in [0.4, 0.5) is 0 Å². The summed E-state index contributed by atoms with van der Waals surface area (Å²) in [5, 5.41) is 2.93. The predicted molar refractivity (Wildman–Crippen MR) is 96.4 cm³/mol. The molecular weight excluding hydrogens is 346 g/mol. The van der Waals surface area contributed by atoms with Crippen molar-refractivity contribution in [2.24, 2.45) is 0 Å². The van der Waals surface area contributed by atoms with Crippen LogP contribution in [0.15, 0.2) is 53.4 Å². The van der Waals surface area contributed by atoms with E-state index in [0.717, 1.165) is 10.5 Å². The summed E-state index contributed by atoms with van der Waals surface area (Å²) in [6.07, 6.45) is 2.00. The number of rotatable bonds is 6. The van der Waals surface area contributed by atoms with E-state index in [1.807, 2.05) is 30.5 Å². The van der Waals surface area contributed by atoms with Gasteiger partial charge in [0.15, 0.2) is 0 Å². The van der Waals surface area contributed by atoms with Gasteiger partial charge in [-0.2, -0.15) is 0 Å². The summed E-state index contributed by atoms with van der Waals surface area (Å²) in [6, 6.07) is 13.7. The largest absolute Gasteiger partial charge is 0.459 e. The van der Waals surface area contributed by atoms with Crippen LogP contribution in [0.2, 0.25) is 5.02 Å². The molecular formula is C18H18ClNO3S. The molecule has 1 atom stereocenters. The Morgan fingerprint density at radius 3 is 2.46 bits per heavy atom. The Bertz CT molecular complexity index is 718. The smallest absolute Gasteiger partial charge is 0.328 e. The van der Waals surface area contributed by atoms with E-state index in [0.29, 0.717) is 10.6 Å². The Labute approximate surface area is 150 Å². The van der Waals surface area contributed by atoms with Crippen LogP contribution in [-0.2, 0) is 16.1 Å². The molecule has 0 aliphatic heterocycles. The first kappa shape index (κ1) is 18.4. The number of thioether (sulfide) groups is 1. The number of benzene rings is 2. The van der Waals surface area contributed by atoms with Crippen LogP contribution in [0.5, 0.6) is 0 Å². The Kier molecular flexibility index (Phi) is 6.70. The Hall–Kier alpha value is -1.98. The van der Waals surface area contributed by atoms with Gasteiger partial charge >= 0.3 is 5.97 Å². The quantitative estimate of drug-likeness (QED) is 0.624. The summed E-state index contributed by atoms with van der Waals surface area (Å²) in [4.78, 5) is 25.3. The average Bonchev–Trinajstić information content (AvgIpc) is 2.60. The van der Waals surface area contributed by atoms with Crippen LogP contribution in [0.1, 0.15) is 22.8 Å². The molecule has 0 bridgehead atoms. The molecule has 0 radical (unpaired) electrons. The number of carbonyl (C=O) groups excluding carboxylic acids is 2. The molecule has 0 saturated heterocycles. The Balaban J connectivity index is 1.87. The molecule has 0 unspecified atom stereocenters. The summed E-state index contributed by atoms with van der Waals surface area (Å²) in [5.41, 5.74) is 1.22. The molecule has 0 fully saturated rings. The molecule has 0 aromatic heterocycles. The van der Waals surface area contributed by atoms with Gasteiger partial charge in [-0.3, -0.25) is 4.79 Å². The van der Waals surface area contributed by atoms with Crippen LogP contribution < -0.4 is 5.32 Å². The lowest BCUT2D eigenvalue weighted by molar-refractivity contribution is -0.146. The number of esters is 1. The molecule has 0 saturated carbocycles. The van der Waals surface area contributed by atoms with E-state index in [-0.39, 0.29) is 6.61 Å². The lowest BCUT2D eigenvalue weighted by Crippen LogP contribution is -2.39. The number of halogens is 1. The van der Waals surface area contributed by atoms with Crippen LogP contribution in [0.25, 0.3) is 0 Å². The van der Waals surface area contributed by atoms with E-state index >= 15 is 0 Å². The maximum atomic E-state index is 12.1. The lowest BCUT2D eigenvalue weighted by Gasteiger charge is -2.14. The monoisotopic (exact) mass is 363 g/mol. The molecule has 1 amide bonds. The number of carbonyl (C=O) groups is 2. The van der Waals surface area contributed by atoms with Crippen LogP contribution in [-0.4, -0.2) is 24.2 Å². The summed E-state index contributed by atoms with van der Waals surface area (Å²) in [5.74, 6) is -0.904. The number of hydrogen-bond acceptors (Lipinski definition) is 4. The van der Waals surface area contributed by atoms with E-state index in [9.17, 15) is 9.59 Å². The van der Waals surface area contributed by atoms with E-state index in [2.05, 4.69) is 5.32 Å². The van der Waals surface area contributed by atoms with E-state index < -0.39 is 17.9 Å². The summed E-state index contributed by atoms with van der Waals surface area (Å²) < 4.78 is 5.24. The number of hydrogen-bond donors (Lipinski definition) is 1. The fraction of sp³-hybridized carbons (Fsp3) is 0.222. The first-order chi connectivity index (χ1) is 11.5. The Morgan fingerprint density at radius 2 is 1.83 bits per heavy atom. The van der Waals surface area contributed by atoms with Gasteiger partial charge in [0.05, 0.1) is 10.6 Å². The van der Waals surface area contributed by atoms with Crippen molar-refractivity contribution in [1.82, 2.24) is 5.32 Å². The standard InChI is InChI=1S/C18H18ClNO3S/c1-12(20-17(21)15-5-3-4-6-16(15)19)18(22)23-11-13-7-9-14(24-2)10-8-13/h3-10,12H,11H2,1-2H3,(H,20,21)/t12-/m0/s1. The number of amides is 1. The van der Waals surface area contributed by atoms with Gasteiger partial charge in [-0.15, -0.1) is 11.8 Å². The minimum Gasteiger partial charge on any atom is -0.459 e. The molecule has 0 spiro atoms. The van der Waals surface area contributed by atoms with E-state index in [4.69, 9.17) is 16.3 Å². The van der Waals surface area contributed by atoms with E-state index in [1.54, 1.807) is 43.0 Å². The van der Waals surface area contributed by atoms with Crippen molar-refractivity contribution in [2.45, 2.75) is 24.5 Å². The summed E-state index contributed by atoms with van der Waals surface area (Å²) in [7, 11) is 0. The van der Waals surface area contributed by atoms with Gasteiger partial charge in [-0.05, 0) is 43.0 Å². The minimum atomic E-state index is -0.765. The van der Waals surface area contributed by atoms with Crippen LogP contribution in [0.3, 0.4) is 0 Å². The molecule has 4 nitrogen and oxygen atoms in total. The molecule has 1 N–H and O–H groups in total. The van der Waals surface area contributed by atoms with Crippen molar-refractivity contribution in [3.05, 3.63) is 64.7 Å². The molecule has 2 rings (SSSR count). The fourth-order valence-electron chi connectivity index (χ4n) is 1.98. The van der Waals surface area contributed by atoms with Gasteiger partial charge in [0.2, 0.25) is 0 Å². The second kappa shape index (κ2) is 8.76. The third kappa shape index (κ3) is 5.01. The third-order valence-electron chi connectivity index (χ3n) is 3.36. The molecule has 6 heteroatoms. The van der Waals surface area contributed by atoms with Crippen molar-refractivity contribution in [3.63, 3.8) is 0 Å². The molecule has 24 heavy (non-hydrogen) atoms. The molecule has 2 aromatic carbocycles. The van der Waals surface area contributed by atoms with Crippen LogP contribution >= 0.6 is 23.4 Å². The number of nitrogens with one attached hydrogen (secondary N) is 1. The molecule has 0 heterocycles. The van der Waals surface area contributed by atoms with Gasteiger partial charge in [-0.25, -0.2) is 4.79 Å². The topological polar surface area (TPSA) is 55.4 Å². The maximum absolute atomic E-state index is 12.1. The minimum absolute atomic E-state index is 0.166. The SMILES string of the molecule is CSc1ccc(COC(=O)[C@H](C)NC(=O)c2ccccc2Cl)cc1. The molecule has 0 aliphatic rings. The molecule has 2 aromatic rings. The second-order valence-corrected chi connectivity index (χ2v) is 6.42. The van der Waals surface area contributed by atoms with Crippen molar-refractivity contribution in [3.8, 4) is 0 Å². The second-order valence-electron chi connectivity index (χ2n) is 5.13. The highest BCUT2D eigenvalue weighted by molar-refractivity contribution is 7.98. The Morgan fingerprint density at radius 1 is 1.17 bits per heavy atom. The fourth-order valence-corrected chi connectivity index (χ4v) is 2.61. The van der Waals surface area contributed by atoms with Gasteiger partial charge in [0.25, 0.3) is 5.91 Å². The van der Waals surface area contributed by atoms with Gasteiger partial charge in [0.1, 0.15) is 12.6 Å². The lowest BCUT2D eigenvalue weighted by atomic mass is 10.2. The zero-order valence-electron chi connectivity index (χ0n) is 13.4. The third-order valence-corrected chi connectivity index (χ3v) is 4.43. The van der Waals surface area contributed by atoms with Crippen molar-refractivity contribution in [1.29, 1.82) is 0 Å². The van der Waals surface area contributed by atoms with Gasteiger partial charge < -0.3 is 10.1 Å². The van der Waals surface area contributed by atoms with Crippen molar-refractivity contribution >= 4 is 35.2 Å². The zero-order chi connectivity index (χ0) is 17.5. The van der Waals surface area contributed by atoms with Crippen molar-refractivity contribution < 1.29 is 14.3 Å². The average molecular weight is 364 g/mol. The first-order valence-corrected chi connectivity index (χ1v) is 8.96. The highest BCUT2D eigenvalue weighted by Gasteiger charge is 2.19. The van der Waals surface area contributed by atoms with Gasteiger partial charge in [-0.1, -0.05) is 35.9 Å². The molecule has 126 valence electrons. The summed E-state index contributed by atoms with van der Waals surface area (Å²) in [6.45, 7) is 1.74. The number of ether oxygens (including phenoxy) is 1. The van der Waals surface area contributed by atoms with Crippen molar-refractivity contribution in [2.75, 3.05) is 6.26 Å². The first-order valence-electron chi connectivity index (χ1n) is 7.36. The summed E-state index contributed by atoms with van der Waals surface area (Å²) >= 11 is 7.62. The highest BCUT2D eigenvalue weighted by Crippen LogP contribution is 2.16. The van der Waals surface area contributed by atoms with Crippen LogP contribution in [0, 0.1) is 0 Å². The zero-order valence-corrected chi connectivity index (χ0v) is 15.0. The normalized spacial score (nSPS) is 11.6. The predicted octanol–water partition coefficient (Wildman–Crippen LogP) is 3.92. The van der Waals surface area contributed by atoms with E-state index in [1.165, 1.54) is 0 Å².